The minimum atomic E-state index is -3.91. The Morgan fingerprint density at radius 1 is 0.744 bits per heavy atom. The van der Waals surface area contributed by atoms with Crippen LogP contribution < -0.4 is 0 Å². The Kier molecular flexibility index (Phi) is 10.6. The van der Waals surface area contributed by atoms with Crippen LogP contribution in [-0.4, -0.2) is 48.4 Å². The first-order valence-electron chi connectivity index (χ1n) is 12.6. The van der Waals surface area contributed by atoms with E-state index in [2.05, 4.69) is 0 Å². The van der Waals surface area contributed by atoms with E-state index in [1.165, 1.54) is 7.11 Å². The molecule has 7 nitrogen and oxygen atoms in total. The number of hydrogen-bond donors (Lipinski definition) is 1. The molecular weight excluding hydrogens is 529 g/mol. The van der Waals surface area contributed by atoms with E-state index in [1.54, 1.807) is 0 Å². The molecule has 0 aliphatic carbocycles. The van der Waals surface area contributed by atoms with Gasteiger partial charge in [0.05, 0.1) is 26.2 Å². The summed E-state index contributed by atoms with van der Waals surface area (Å²) in [7, 11) is -2.42. The summed E-state index contributed by atoms with van der Waals surface area (Å²) in [5.41, 5.74) is -1.34. The van der Waals surface area contributed by atoms with Crippen molar-refractivity contribution in [2.24, 2.45) is 0 Å². The summed E-state index contributed by atoms with van der Waals surface area (Å²) in [6.45, 7) is 0.417. The van der Waals surface area contributed by atoms with Crippen LogP contribution in [0.3, 0.4) is 0 Å². The average Bonchev–Trinajstić information content (AvgIpc) is 2.95. The maximum atomic E-state index is 14.6. The number of halogens is 2. The Balaban J connectivity index is 1.65. The predicted molar refractivity (Wildman–Crippen MR) is 140 cm³/mol. The molecule has 1 heterocycles. The van der Waals surface area contributed by atoms with Crippen LogP contribution in [0.1, 0.15) is 23.1 Å². The van der Waals surface area contributed by atoms with Gasteiger partial charge in [0.25, 0.3) is 0 Å². The van der Waals surface area contributed by atoms with E-state index in [4.69, 9.17) is 23.7 Å². The molecule has 0 bridgehead atoms. The molecule has 208 valence electrons. The van der Waals surface area contributed by atoms with Gasteiger partial charge in [-0.2, -0.15) is 13.7 Å². The first-order valence-corrected chi connectivity index (χ1v) is 13.8. The van der Waals surface area contributed by atoms with Crippen LogP contribution in [-0.2, 0) is 48.1 Å². The van der Waals surface area contributed by atoms with E-state index >= 15 is 0 Å². The van der Waals surface area contributed by atoms with Crippen molar-refractivity contribution in [3.63, 3.8) is 0 Å². The van der Waals surface area contributed by atoms with Gasteiger partial charge in [-0.1, -0.05) is 91.0 Å². The third-order valence-corrected chi connectivity index (χ3v) is 7.15. The standard InChI is InChI=1S/C29H31F2O7P/c1-34-28-27(37-20-23-15-9-4-10-16-23)26(36-19-22-13-7-3-8-14-22)25(35-18-21-11-5-2-6-12-21)24(38-28)17-29(30,31)39(32)33/h2-16,24-28H,17-20H2,1H3/p+1/t24-,25-,26+,27-,28?/m1/s1. The Bertz CT molecular complexity index is 1150. The summed E-state index contributed by atoms with van der Waals surface area (Å²) >= 11 is 0. The molecule has 4 rings (SSSR count). The normalized spacial score (nSPS) is 23.9. The highest BCUT2D eigenvalue weighted by Gasteiger charge is 2.58. The summed E-state index contributed by atoms with van der Waals surface area (Å²) < 4.78 is 70.8. The fourth-order valence-electron chi connectivity index (χ4n) is 4.42. The number of alkyl halides is 2. The van der Waals surface area contributed by atoms with Crippen molar-refractivity contribution in [2.45, 2.75) is 62.6 Å². The van der Waals surface area contributed by atoms with Crippen LogP contribution >= 0.6 is 8.03 Å². The molecule has 0 radical (unpaired) electrons. The lowest BCUT2D eigenvalue weighted by molar-refractivity contribution is -0.322. The second kappa shape index (κ2) is 14.1. The largest absolute Gasteiger partial charge is 0.583 e. The van der Waals surface area contributed by atoms with Gasteiger partial charge in [0, 0.05) is 7.11 Å². The van der Waals surface area contributed by atoms with Crippen LogP contribution in [0.25, 0.3) is 0 Å². The summed E-state index contributed by atoms with van der Waals surface area (Å²) in [6, 6.07) is 28.1. The third kappa shape index (κ3) is 8.19. The quantitative estimate of drug-likeness (QED) is 0.263. The molecule has 0 spiro atoms. The Labute approximate surface area is 227 Å². The SMILES string of the molecule is COC1O[C@H](CC(F)(F)[P+](=O)O)[C@@H](OCc2ccccc2)[C@H](OCc2ccccc2)[C@H]1OCc1ccccc1. The molecule has 1 saturated heterocycles. The molecule has 10 heteroatoms. The van der Waals surface area contributed by atoms with Crippen molar-refractivity contribution < 1.29 is 41.9 Å². The molecule has 3 aromatic carbocycles. The fraction of sp³-hybridized carbons (Fsp3) is 0.379. The molecular formula is C29H32F2O7P+. The highest BCUT2D eigenvalue weighted by molar-refractivity contribution is 7.39. The third-order valence-electron chi connectivity index (χ3n) is 6.41. The first kappa shape index (κ1) is 29.4. The number of methoxy groups -OCH3 is 1. The summed E-state index contributed by atoms with van der Waals surface area (Å²) in [6.07, 6.45) is -6.31. The van der Waals surface area contributed by atoms with Crippen LogP contribution in [0.15, 0.2) is 91.0 Å². The Morgan fingerprint density at radius 3 is 1.56 bits per heavy atom. The topological polar surface area (TPSA) is 83.5 Å². The molecule has 1 fully saturated rings. The number of benzene rings is 3. The minimum absolute atomic E-state index is 0.0798. The second-order valence-electron chi connectivity index (χ2n) is 9.21. The van der Waals surface area contributed by atoms with E-state index in [0.717, 1.165) is 16.7 Å². The van der Waals surface area contributed by atoms with Gasteiger partial charge in [-0.15, -0.1) is 0 Å². The monoisotopic (exact) mass is 561 g/mol. The summed E-state index contributed by atoms with van der Waals surface area (Å²) in [4.78, 5) is 9.28. The number of rotatable bonds is 13. The molecule has 39 heavy (non-hydrogen) atoms. The van der Waals surface area contributed by atoms with Crippen LogP contribution in [0.4, 0.5) is 8.78 Å². The van der Waals surface area contributed by atoms with Gasteiger partial charge in [-0.05, 0) is 21.3 Å². The van der Waals surface area contributed by atoms with Crippen molar-refractivity contribution in [2.75, 3.05) is 7.11 Å². The van der Waals surface area contributed by atoms with Crippen molar-refractivity contribution in [3.8, 4) is 0 Å². The van der Waals surface area contributed by atoms with Gasteiger partial charge in [-0.3, -0.25) is 0 Å². The fourth-order valence-corrected chi connectivity index (χ4v) is 4.76. The lowest BCUT2D eigenvalue weighted by Gasteiger charge is -2.45. The second-order valence-corrected chi connectivity index (χ2v) is 10.4. The molecule has 0 saturated carbocycles. The predicted octanol–water partition coefficient (Wildman–Crippen LogP) is 5.83. The summed E-state index contributed by atoms with van der Waals surface area (Å²) in [5.74, 6) is 0. The molecule has 3 aromatic rings. The van der Waals surface area contributed by atoms with E-state index < -0.39 is 50.8 Å². The molecule has 0 aromatic heterocycles. The smallest absolute Gasteiger partial charge is 0.368 e. The van der Waals surface area contributed by atoms with Crippen molar-refractivity contribution >= 4 is 8.03 Å². The Morgan fingerprint density at radius 2 is 1.15 bits per heavy atom. The molecule has 1 N–H and O–H groups in total. The van der Waals surface area contributed by atoms with Crippen LogP contribution in [0.5, 0.6) is 0 Å². The van der Waals surface area contributed by atoms with E-state index in [9.17, 15) is 18.2 Å². The highest BCUT2D eigenvalue weighted by Crippen LogP contribution is 2.45. The van der Waals surface area contributed by atoms with Crippen LogP contribution in [0.2, 0.25) is 0 Å². The van der Waals surface area contributed by atoms with Gasteiger partial charge in [0.15, 0.2) is 6.29 Å². The van der Waals surface area contributed by atoms with Gasteiger partial charge in [-0.25, -0.2) is 0 Å². The van der Waals surface area contributed by atoms with Gasteiger partial charge < -0.3 is 23.7 Å². The molecule has 1 aliphatic rings. The molecule has 6 atom stereocenters. The maximum absolute atomic E-state index is 14.6. The molecule has 0 amide bonds. The van der Waals surface area contributed by atoms with E-state index in [-0.39, 0.29) is 19.8 Å². The lowest BCUT2D eigenvalue weighted by Crippen LogP contribution is -2.61. The zero-order valence-electron chi connectivity index (χ0n) is 21.5. The maximum Gasteiger partial charge on any atom is 0.583 e. The van der Waals surface area contributed by atoms with Crippen molar-refractivity contribution in [1.82, 2.24) is 0 Å². The van der Waals surface area contributed by atoms with Crippen LogP contribution in [0, 0.1) is 0 Å². The molecule has 1 aliphatic heterocycles. The first-order chi connectivity index (χ1) is 18.9. The number of hydrogen-bond acceptors (Lipinski definition) is 6. The highest BCUT2D eigenvalue weighted by atomic mass is 31.1. The molecule has 2 unspecified atom stereocenters. The average molecular weight is 562 g/mol. The Hall–Kier alpha value is -2.62. The summed E-state index contributed by atoms with van der Waals surface area (Å²) in [5, 5.41) is 0. The van der Waals surface area contributed by atoms with Gasteiger partial charge in [0.1, 0.15) is 24.4 Å². The van der Waals surface area contributed by atoms with E-state index in [1.807, 2.05) is 91.0 Å². The van der Waals surface area contributed by atoms with Crippen molar-refractivity contribution in [1.29, 1.82) is 0 Å². The zero-order valence-corrected chi connectivity index (χ0v) is 22.4. The zero-order chi connectivity index (χ0) is 27.7. The minimum Gasteiger partial charge on any atom is -0.368 e. The lowest BCUT2D eigenvalue weighted by atomic mass is 9.95. The van der Waals surface area contributed by atoms with Crippen molar-refractivity contribution in [3.05, 3.63) is 108 Å². The van der Waals surface area contributed by atoms with Gasteiger partial charge >= 0.3 is 13.7 Å². The van der Waals surface area contributed by atoms with Gasteiger partial charge in [0.2, 0.25) is 0 Å². The number of ether oxygens (including phenoxy) is 5. The van der Waals surface area contributed by atoms with E-state index in [0.29, 0.717) is 0 Å².